The molecule has 0 saturated carbocycles. The van der Waals surface area contributed by atoms with Crippen molar-refractivity contribution in [2.45, 2.75) is 18.7 Å². The average molecular weight is 329 g/mol. The lowest BCUT2D eigenvalue weighted by molar-refractivity contribution is -0.144. The monoisotopic (exact) mass is 329 g/mol. The maximum Gasteiger partial charge on any atom is 0.316 e. The van der Waals surface area contributed by atoms with Crippen LogP contribution >= 0.6 is 11.8 Å². The summed E-state index contributed by atoms with van der Waals surface area (Å²) in [4.78, 5) is 24.6. The molecule has 120 valence electrons. The summed E-state index contributed by atoms with van der Waals surface area (Å²) >= 11 is 1.41. The van der Waals surface area contributed by atoms with Gasteiger partial charge in [0.1, 0.15) is 0 Å². The molecule has 0 aliphatic heterocycles. The van der Waals surface area contributed by atoms with Crippen molar-refractivity contribution >= 4 is 29.3 Å². The highest BCUT2D eigenvalue weighted by atomic mass is 32.2. The lowest BCUT2D eigenvalue weighted by atomic mass is 10.2. The summed E-state index contributed by atoms with van der Waals surface area (Å²) in [5.74, 6) is -0.561. The van der Waals surface area contributed by atoms with Gasteiger partial charge in [-0.05, 0) is 37.1 Å². The van der Waals surface area contributed by atoms with Crippen LogP contribution in [0.25, 0.3) is 0 Å². The highest BCUT2D eigenvalue weighted by Gasteiger charge is 2.10. The van der Waals surface area contributed by atoms with Crippen LogP contribution in [0.15, 0.2) is 53.4 Å². The van der Waals surface area contributed by atoms with Gasteiger partial charge >= 0.3 is 5.97 Å². The lowest BCUT2D eigenvalue weighted by Gasteiger charge is -2.09. The second-order valence-corrected chi connectivity index (χ2v) is 6.10. The summed E-state index contributed by atoms with van der Waals surface area (Å²) in [6.07, 6.45) is 0. The number of carbonyl (C=O) groups excluding carboxylic acids is 2. The number of benzene rings is 2. The van der Waals surface area contributed by atoms with Gasteiger partial charge in [0.15, 0.2) is 6.61 Å². The second kappa shape index (κ2) is 8.39. The van der Waals surface area contributed by atoms with Crippen molar-refractivity contribution in [2.75, 3.05) is 17.7 Å². The number of ether oxygens (including phenoxy) is 1. The predicted molar refractivity (Wildman–Crippen MR) is 92.7 cm³/mol. The zero-order valence-corrected chi connectivity index (χ0v) is 14.0. The number of amides is 1. The first kappa shape index (κ1) is 17.1. The third kappa shape index (κ3) is 5.45. The Morgan fingerprint density at radius 1 is 1.00 bits per heavy atom. The molecule has 0 aliphatic carbocycles. The van der Waals surface area contributed by atoms with E-state index < -0.39 is 5.97 Å². The molecule has 0 radical (unpaired) electrons. The van der Waals surface area contributed by atoms with Crippen molar-refractivity contribution in [3.8, 4) is 0 Å². The number of esters is 1. The summed E-state index contributed by atoms with van der Waals surface area (Å²) in [6, 6.07) is 15.3. The van der Waals surface area contributed by atoms with Gasteiger partial charge in [0, 0.05) is 10.6 Å². The highest BCUT2D eigenvalue weighted by molar-refractivity contribution is 8.00. The van der Waals surface area contributed by atoms with E-state index in [4.69, 9.17) is 4.74 Å². The smallest absolute Gasteiger partial charge is 0.316 e. The number of nitrogens with one attached hydrogen (secondary N) is 1. The van der Waals surface area contributed by atoms with Crippen molar-refractivity contribution in [2.24, 2.45) is 0 Å². The Morgan fingerprint density at radius 2 is 1.65 bits per heavy atom. The molecular formula is C18H19NO3S. The number of anilines is 1. The molecule has 2 rings (SSSR count). The van der Waals surface area contributed by atoms with Crippen LogP contribution in [0, 0.1) is 13.8 Å². The predicted octanol–water partition coefficient (Wildman–Crippen LogP) is 3.58. The first-order chi connectivity index (χ1) is 11.1. The van der Waals surface area contributed by atoms with Gasteiger partial charge in [0.05, 0.1) is 5.75 Å². The molecule has 0 fully saturated rings. The van der Waals surface area contributed by atoms with Crippen LogP contribution in [0.3, 0.4) is 0 Å². The Labute approximate surface area is 140 Å². The summed E-state index contributed by atoms with van der Waals surface area (Å²) in [6.45, 7) is 3.62. The number of para-hydroxylation sites is 1. The third-order valence-electron chi connectivity index (χ3n) is 3.22. The van der Waals surface area contributed by atoms with E-state index >= 15 is 0 Å². The molecule has 0 bridgehead atoms. The van der Waals surface area contributed by atoms with Gasteiger partial charge < -0.3 is 10.1 Å². The van der Waals surface area contributed by atoms with Gasteiger partial charge in [0.25, 0.3) is 5.91 Å². The number of carbonyl (C=O) groups is 2. The minimum atomic E-state index is -0.404. The summed E-state index contributed by atoms with van der Waals surface area (Å²) in [5.41, 5.74) is 2.80. The largest absolute Gasteiger partial charge is 0.455 e. The van der Waals surface area contributed by atoms with Crippen LogP contribution < -0.4 is 5.32 Å². The van der Waals surface area contributed by atoms with Gasteiger partial charge in [-0.15, -0.1) is 11.8 Å². The fourth-order valence-corrected chi connectivity index (χ4v) is 2.77. The van der Waals surface area contributed by atoms with Crippen molar-refractivity contribution in [1.82, 2.24) is 0 Å². The van der Waals surface area contributed by atoms with E-state index in [9.17, 15) is 9.59 Å². The van der Waals surface area contributed by atoms with E-state index in [1.807, 2.05) is 62.4 Å². The van der Waals surface area contributed by atoms with Crippen LogP contribution in [0.5, 0.6) is 0 Å². The molecule has 1 N–H and O–H groups in total. The molecule has 0 aliphatic rings. The van der Waals surface area contributed by atoms with E-state index in [0.717, 1.165) is 21.7 Å². The van der Waals surface area contributed by atoms with E-state index in [1.54, 1.807) is 0 Å². The minimum absolute atomic E-state index is 0.183. The van der Waals surface area contributed by atoms with Crippen molar-refractivity contribution in [3.63, 3.8) is 0 Å². The van der Waals surface area contributed by atoms with Crippen molar-refractivity contribution in [1.29, 1.82) is 0 Å². The zero-order valence-electron chi connectivity index (χ0n) is 13.2. The normalized spacial score (nSPS) is 10.2. The van der Waals surface area contributed by atoms with Crippen LogP contribution in [-0.2, 0) is 14.3 Å². The highest BCUT2D eigenvalue weighted by Crippen LogP contribution is 2.21. The molecule has 0 atom stereocenters. The van der Waals surface area contributed by atoms with Gasteiger partial charge in [-0.25, -0.2) is 0 Å². The second-order valence-electron chi connectivity index (χ2n) is 5.08. The Balaban J connectivity index is 1.75. The topological polar surface area (TPSA) is 55.4 Å². The molecule has 0 saturated heterocycles. The number of rotatable bonds is 6. The van der Waals surface area contributed by atoms with Crippen LogP contribution in [0.4, 0.5) is 5.69 Å². The quantitative estimate of drug-likeness (QED) is 0.650. The average Bonchev–Trinajstić information content (AvgIpc) is 2.54. The molecule has 0 heterocycles. The first-order valence-corrected chi connectivity index (χ1v) is 8.24. The first-order valence-electron chi connectivity index (χ1n) is 7.26. The minimum Gasteiger partial charge on any atom is -0.455 e. The molecule has 0 unspecified atom stereocenters. The number of hydrogen-bond donors (Lipinski definition) is 1. The Morgan fingerprint density at radius 3 is 2.35 bits per heavy atom. The summed E-state index contributed by atoms with van der Waals surface area (Å²) in [7, 11) is 0. The standard InChI is InChI=1S/C18H19NO3S/c1-13-7-3-5-9-15(13)19-17(20)11-22-18(21)12-23-16-10-6-4-8-14(16)2/h3-10H,11-12H2,1-2H3,(H,19,20). The van der Waals surface area contributed by atoms with E-state index in [0.29, 0.717) is 0 Å². The van der Waals surface area contributed by atoms with E-state index in [2.05, 4.69) is 5.32 Å². The lowest BCUT2D eigenvalue weighted by Crippen LogP contribution is -2.22. The molecule has 0 spiro atoms. The fourth-order valence-electron chi connectivity index (χ4n) is 1.94. The van der Waals surface area contributed by atoms with Crippen molar-refractivity contribution < 1.29 is 14.3 Å². The molecule has 2 aromatic rings. The third-order valence-corrected chi connectivity index (χ3v) is 4.37. The number of thioether (sulfide) groups is 1. The van der Waals surface area contributed by atoms with Gasteiger partial charge in [-0.2, -0.15) is 0 Å². The maximum absolute atomic E-state index is 11.8. The van der Waals surface area contributed by atoms with Crippen molar-refractivity contribution in [3.05, 3.63) is 59.7 Å². The van der Waals surface area contributed by atoms with Gasteiger partial charge in [-0.1, -0.05) is 36.4 Å². The molecule has 23 heavy (non-hydrogen) atoms. The van der Waals surface area contributed by atoms with E-state index in [1.165, 1.54) is 11.8 Å². The van der Waals surface area contributed by atoms with Crippen LogP contribution in [0.1, 0.15) is 11.1 Å². The Bertz CT molecular complexity index is 700. The molecular weight excluding hydrogens is 310 g/mol. The summed E-state index contributed by atoms with van der Waals surface area (Å²) < 4.78 is 5.01. The Hall–Kier alpha value is -2.27. The molecule has 5 heteroatoms. The fraction of sp³-hybridized carbons (Fsp3) is 0.222. The SMILES string of the molecule is Cc1ccccc1NC(=O)COC(=O)CSc1ccccc1C. The molecule has 1 amide bonds. The van der Waals surface area contributed by atoms with Crippen LogP contribution in [0.2, 0.25) is 0 Å². The summed E-state index contributed by atoms with van der Waals surface area (Å²) in [5, 5.41) is 2.73. The molecule has 2 aromatic carbocycles. The maximum atomic E-state index is 11.8. The van der Waals surface area contributed by atoms with Crippen LogP contribution in [-0.4, -0.2) is 24.2 Å². The Kier molecular flexibility index (Phi) is 6.23. The van der Waals surface area contributed by atoms with Gasteiger partial charge in [-0.3, -0.25) is 9.59 Å². The number of hydrogen-bond acceptors (Lipinski definition) is 4. The zero-order chi connectivity index (χ0) is 16.7. The molecule has 4 nitrogen and oxygen atoms in total. The van der Waals surface area contributed by atoms with E-state index in [-0.39, 0.29) is 18.3 Å². The molecule has 0 aromatic heterocycles. The van der Waals surface area contributed by atoms with Gasteiger partial charge in [0.2, 0.25) is 0 Å². The number of aryl methyl sites for hydroxylation is 2.